The third-order valence-electron chi connectivity index (χ3n) is 3.35. The maximum Gasteiger partial charge on any atom is 0.383 e. The molecule has 3 aromatic rings. The number of ketones is 1. The number of ether oxygens (including phenoxy) is 1. The van der Waals surface area contributed by atoms with Crippen molar-refractivity contribution in [3.8, 4) is 22.8 Å². The van der Waals surface area contributed by atoms with Crippen LogP contribution in [-0.4, -0.2) is 33.3 Å². The van der Waals surface area contributed by atoms with E-state index in [1.54, 1.807) is 38.1 Å². The van der Waals surface area contributed by atoms with Gasteiger partial charge < -0.3 is 14.1 Å². The molecule has 1 N–H and O–H groups in total. The number of nitrogens with zero attached hydrogens (tertiary/aromatic N) is 2. The van der Waals surface area contributed by atoms with Gasteiger partial charge in [0, 0.05) is 10.6 Å². The molecule has 0 unspecified atom stereocenters. The normalized spacial score (nSPS) is 10.7. The summed E-state index contributed by atoms with van der Waals surface area (Å²) in [6.07, 6.45) is 1.53. The maximum atomic E-state index is 12.4. The number of oxazole rings is 1. The van der Waals surface area contributed by atoms with Gasteiger partial charge in [-0.3, -0.25) is 4.79 Å². The lowest BCUT2D eigenvalue weighted by molar-refractivity contribution is -0.137. The number of Topliss-reactive ketones (excluding diaryl/α,β-unsaturated/α-hetero) is 1. The van der Waals surface area contributed by atoms with Crippen LogP contribution in [0.25, 0.3) is 22.8 Å². The number of nitrogens with one attached hydrogen (secondary N) is 1. The minimum atomic E-state index is -0.999. The summed E-state index contributed by atoms with van der Waals surface area (Å²) in [5.41, 5.74) is 1.32. The van der Waals surface area contributed by atoms with E-state index in [2.05, 4.69) is 15.0 Å². The van der Waals surface area contributed by atoms with Crippen molar-refractivity contribution < 1.29 is 18.7 Å². The minimum Gasteiger partial charge on any atom is -0.460 e. The van der Waals surface area contributed by atoms with E-state index in [-0.39, 0.29) is 24.0 Å². The van der Waals surface area contributed by atoms with Crippen LogP contribution < -0.4 is 0 Å². The Balaban J connectivity index is 2.10. The fraction of sp³-hybridized carbons (Fsp3) is 0.176. The van der Waals surface area contributed by atoms with Crippen molar-refractivity contribution in [2.75, 3.05) is 6.61 Å². The summed E-state index contributed by atoms with van der Waals surface area (Å²) in [7, 11) is 0. The Kier molecular flexibility index (Phi) is 4.67. The van der Waals surface area contributed by atoms with Crippen LogP contribution in [0, 0.1) is 6.92 Å². The van der Waals surface area contributed by atoms with Gasteiger partial charge in [0.2, 0.25) is 11.7 Å². The molecule has 1 aromatic carbocycles. The first-order valence-corrected chi connectivity index (χ1v) is 7.87. The zero-order chi connectivity index (χ0) is 18.0. The highest BCUT2D eigenvalue weighted by molar-refractivity contribution is 6.41. The van der Waals surface area contributed by atoms with Crippen LogP contribution in [-0.2, 0) is 9.53 Å². The standard InChI is InChI=1S/C17H14ClN3O4/c1-3-24-17(23)14(22)15-13(10-4-6-11(18)7-5-10)21-16(25-15)12-8-19-9(2)20-12/h4-8H,3H2,1-2H3,(H,19,20). The van der Waals surface area contributed by atoms with Crippen LogP contribution in [0.4, 0.5) is 0 Å². The zero-order valence-electron chi connectivity index (χ0n) is 13.5. The van der Waals surface area contributed by atoms with E-state index in [1.165, 1.54) is 6.20 Å². The largest absolute Gasteiger partial charge is 0.460 e. The van der Waals surface area contributed by atoms with Crippen molar-refractivity contribution in [2.45, 2.75) is 13.8 Å². The second-order valence-electron chi connectivity index (χ2n) is 5.14. The average Bonchev–Trinajstić information content (AvgIpc) is 3.21. The van der Waals surface area contributed by atoms with E-state index >= 15 is 0 Å². The molecule has 25 heavy (non-hydrogen) atoms. The first-order chi connectivity index (χ1) is 12.0. The smallest absolute Gasteiger partial charge is 0.383 e. The number of H-pyrrole nitrogens is 1. The van der Waals surface area contributed by atoms with Gasteiger partial charge in [0.05, 0.1) is 12.8 Å². The number of aromatic nitrogens is 3. The van der Waals surface area contributed by atoms with Gasteiger partial charge in [0.25, 0.3) is 0 Å². The Hall–Kier alpha value is -2.93. The number of aryl methyl sites for hydroxylation is 1. The highest BCUT2D eigenvalue weighted by Crippen LogP contribution is 2.29. The number of esters is 1. The summed E-state index contributed by atoms with van der Waals surface area (Å²) in [6, 6.07) is 6.68. The zero-order valence-corrected chi connectivity index (χ0v) is 14.3. The van der Waals surface area contributed by atoms with Gasteiger partial charge in [-0.1, -0.05) is 23.7 Å². The van der Waals surface area contributed by atoms with E-state index in [1.807, 2.05) is 0 Å². The predicted molar refractivity (Wildman–Crippen MR) is 90.2 cm³/mol. The van der Waals surface area contributed by atoms with Crippen molar-refractivity contribution in [1.82, 2.24) is 15.0 Å². The number of imidazole rings is 1. The SMILES string of the molecule is CCOC(=O)C(=O)c1oc(-c2cnc(C)[nH]2)nc1-c1ccc(Cl)cc1. The second kappa shape index (κ2) is 6.90. The van der Waals surface area contributed by atoms with E-state index < -0.39 is 11.8 Å². The molecule has 0 bridgehead atoms. The molecule has 2 heterocycles. The van der Waals surface area contributed by atoms with Gasteiger partial charge in [-0.2, -0.15) is 0 Å². The molecule has 0 fully saturated rings. The summed E-state index contributed by atoms with van der Waals surface area (Å²) >= 11 is 5.90. The third-order valence-corrected chi connectivity index (χ3v) is 3.60. The fourth-order valence-electron chi connectivity index (χ4n) is 2.21. The van der Waals surface area contributed by atoms with Gasteiger partial charge in [-0.05, 0) is 26.0 Å². The lowest BCUT2D eigenvalue weighted by Crippen LogP contribution is -2.17. The van der Waals surface area contributed by atoms with E-state index in [0.29, 0.717) is 22.1 Å². The van der Waals surface area contributed by atoms with Crippen molar-refractivity contribution in [3.63, 3.8) is 0 Å². The average molecular weight is 360 g/mol. The summed E-state index contributed by atoms with van der Waals surface area (Å²) in [6.45, 7) is 3.48. The lowest BCUT2D eigenvalue weighted by atomic mass is 10.1. The Morgan fingerprint density at radius 2 is 2.00 bits per heavy atom. The van der Waals surface area contributed by atoms with Crippen LogP contribution in [0.2, 0.25) is 5.02 Å². The Morgan fingerprint density at radius 3 is 2.60 bits per heavy atom. The number of benzene rings is 1. The maximum absolute atomic E-state index is 12.4. The van der Waals surface area contributed by atoms with Crippen LogP contribution in [0.1, 0.15) is 23.3 Å². The minimum absolute atomic E-state index is 0.0849. The first-order valence-electron chi connectivity index (χ1n) is 7.49. The van der Waals surface area contributed by atoms with Gasteiger partial charge in [0.15, 0.2) is 0 Å². The number of rotatable bonds is 5. The number of hydrogen-bond acceptors (Lipinski definition) is 6. The number of hydrogen-bond donors (Lipinski definition) is 1. The van der Waals surface area contributed by atoms with Gasteiger partial charge in [0.1, 0.15) is 17.2 Å². The molecule has 0 amide bonds. The molecule has 2 aromatic heterocycles. The summed E-state index contributed by atoms with van der Waals surface area (Å²) < 4.78 is 10.3. The fourth-order valence-corrected chi connectivity index (χ4v) is 2.34. The Labute approximate surface area is 148 Å². The van der Waals surface area contributed by atoms with Crippen molar-refractivity contribution >= 4 is 23.4 Å². The van der Waals surface area contributed by atoms with Crippen molar-refractivity contribution in [2.24, 2.45) is 0 Å². The number of carbonyl (C=O) groups excluding carboxylic acids is 2. The molecule has 0 spiro atoms. The second-order valence-corrected chi connectivity index (χ2v) is 5.57. The summed E-state index contributed by atoms with van der Waals surface area (Å²) in [5, 5.41) is 0.537. The number of aromatic amines is 1. The highest BCUT2D eigenvalue weighted by Gasteiger charge is 2.28. The van der Waals surface area contributed by atoms with Crippen LogP contribution in [0.5, 0.6) is 0 Å². The number of carbonyl (C=O) groups is 2. The lowest BCUT2D eigenvalue weighted by Gasteiger charge is -2.01. The van der Waals surface area contributed by atoms with Crippen molar-refractivity contribution in [1.29, 1.82) is 0 Å². The summed E-state index contributed by atoms with van der Waals surface area (Å²) in [4.78, 5) is 35.6. The molecular weight excluding hydrogens is 346 g/mol. The molecule has 0 aliphatic heterocycles. The predicted octanol–water partition coefficient (Wildman–Crippen LogP) is 3.44. The molecule has 128 valence electrons. The molecule has 0 atom stereocenters. The molecule has 0 aliphatic carbocycles. The molecule has 3 rings (SSSR count). The van der Waals surface area contributed by atoms with Gasteiger partial charge >= 0.3 is 11.8 Å². The van der Waals surface area contributed by atoms with E-state index in [0.717, 1.165) is 0 Å². The van der Waals surface area contributed by atoms with Crippen molar-refractivity contribution in [3.05, 3.63) is 47.1 Å². The number of halogens is 1. The molecule has 0 radical (unpaired) electrons. The van der Waals surface area contributed by atoms with Gasteiger partial charge in [-0.25, -0.2) is 14.8 Å². The summed E-state index contributed by atoms with van der Waals surface area (Å²) in [5.74, 6) is -1.27. The molecule has 7 nitrogen and oxygen atoms in total. The third kappa shape index (κ3) is 3.46. The molecule has 8 heteroatoms. The molecule has 0 saturated heterocycles. The Morgan fingerprint density at radius 1 is 1.28 bits per heavy atom. The van der Waals surface area contributed by atoms with E-state index in [9.17, 15) is 9.59 Å². The van der Waals surface area contributed by atoms with Crippen LogP contribution in [0.3, 0.4) is 0 Å². The topological polar surface area (TPSA) is 98.1 Å². The van der Waals surface area contributed by atoms with Gasteiger partial charge in [-0.15, -0.1) is 0 Å². The van der Waals surface area contributed by atoms with Crippen LogP contribution >= 0.6 is 11.6 Å². The monoisotopic (exact) mass is 359 g/mol. The molecule has 0 aliphatic rings. The first kappa shape index (κ1) is 16.9. The quantitative estimate of drug-likeness (QED) is 0.425. The Bertz CT molecular complexity index is 928. The van der Waals surface area contributed by atoms with E-state index in [4.69, 9.17) is 20.8 Å². The van der Waals surface area contributed by atoms with Crippen LogP contribution in [0.15, 0.2) is 34.9 Å². The molecule has 0 saturated carbocycles. The molecular formula is C17H14ClN3O4. The highest BCUT2D eigenvalue weighted by atomic mass is 35.5.